The van der Waals surface area contributed by atoms with Gasteiger partial charge in [0, 0.05) is 18.9 Å². The molecule has 2 aromatic heterocycles. The minimum Gasteiger partial charge on any atom is -0.325 e. The number of nitrogens with zero attached hydrogens (tertiary/aromatic N) is 3. The number of nitrogens with two attached hydrogens (primary N) is 1. The Hall–Kier alpha value is -2.11. The fourth-order valence-electron chi connectivity index (χ4n) is 1.82. The predicted molar refractivity (Wildman–Crippen MR) is 76.5 cm³/mol. The summed E-state index contributed by atoms with van der Waals surface area (Å²) < 4.78 is 0. The Balaban J connectivity index is 2.09. The highest BCUT2D eigenvalue weighted by atomic mass is 32.1. The molecule has 0 spiro atoms. The van der Waals surface area contributed by atoms with Crippen LogP contribution in [0, 0.1) is 0 Å². The molecule has 0 saturated carbocycles. The van der Waals surface area contributed by atoms with Crippen molar-refractivity contribution in [3.05, 3.63) is 54.6 Å². The first-order chi connectivity index (χ1) is 9.38. The number of aromatic nitrogens is 3. The maximum atomic E-state index is 5.79. The third-order valence-corrected chi connectivity index (χ3v) is 3.88. The molecule has 94 valence electrons. The van der Waals surface area contributed by atoms with Gasteiger partial charge in [-0.05, 0) is 5.56 Å². The molecule has 0 fully saturated rings. The van der Waals surface area contributed by atoms with Crippen LogP contribution in [0.25, 0.3) is 21.1 Å². The quantitative estimate of drug-likeness (QED) is 0.793. The second-order valence-corrected chi connectivity index (χ2v) is 4.95. The maximum Gasteiger partial charge on any atom is 0.144 e. The van der Waals surface area contributed by atoms with Crippen LogP contribution in [-0.2, 0) is 6.54 Å². The van der Waals surface area contributed by atoms with Crippen molar-refractivity contribution in [2.24, 2.45) is 5.73 Å². The molecule has 0 aliphatic heterocycles. The van der Waals surface area contributed by atoms with E-state index in [0.717, 1.165) is 26.8 Å². The average molecular weight is 268 g/mol. The van der Waals surface area contributed by atoms with Gasteiger partial charge in [-0.2, -0.15) is 0 Å². The lowest BCUT2D eigenvalue weighted by molar-refractivity contribution is 1.01. The van der Waals surface area contributed by atoms with Crippen LogP contribution >= 0.6 is 11.3 Å². The summed E-state index contributed by atoms with van der Waals surface area (Å²) in [5.41, 5.74) is 8.60. The van der Waals surface area contributed by atoms with E-state index in [2.05, 4.69) is 27.1 Å². The minimum atomic E-state index is 0.418. The zero-order chi connectivity index (χ0) is 13.1. The van der Waals surface area contributed by atoms with Crippen LogP contribution < -0.4 is 5.73 Å². The van der Waals surface area contributed by atoms with Crippen LogP contribution in [0.15, 0.2) is 48.9 Å². The van der Waals surface area contributed by atoms with E-state index in [9.17, 15) is 0 Å². The highest BCUT2D eigenvalue weighted by molar-refractivity contribution is 7.18. The topological polar surface area (TPSA) is 64.7 Å². The molecule has 0 radical (unpaired) electrons. The SMILES string of the molecule is NCc1nc(-c2cnccn2)sc1-c1ccccc1. The minimum absolute atomic E-state index is 0.418. The van der Waals surface area contributed by atoms with Crippen molar-refractivity contribution in [1.82, 2.24) is 15.0 Å². The maximum absolute atomic E-state index is 5.79. The van der Waals surface area contributed by atoms with Crippen molar-refractivity contribution in [2.75, 3.05) is 0 Å². The Kier molecular flexibility index (Phi) is 3.31. The van der Waals surface area contributed by atoms with Crippen molar-refractivity contribution in [2.45, 2.75) is 6.54 Å². The standard InChI is InChI=1S/C14H12N4S/c15-8-11-13(10-4-2-1-3-5-10)19-14(18-11)12-9-16-6-7-17-12/h1-7,9H,8,15H2. The summed E-state index contributed by atoms with van der Waals surface area (Å²) in [6, 6.07) is 10.1. The lowest BCUT2D eigenvalue weighted by atomic mass is 10.1. The smallest absolute Gasteiger partial charge is 0.144 e. The summed E-state index contributed by atoms with van der Waals surface area (Å²) in [6.07, 6.45) is 5.04. The summed E-state index contributed by atoms with van der Waals surface area (Å²) in [6.45, 7) is 0.418. The fourth-order valence-corrected chi connectivity index (χ4v) is 2.88. The zero-order valence-electron chi connectivity index (χ0n) is 10.2. The van der Waals surface area contributed by atoms with E-state index in [0.29, 0.717) is 6.54 Å². The lowest BCUT2D eigenvalue weighted by Gasteiger charge is -1.98. The molecule has 0 saturated heterocycles. The van der Waals surface area contributed by atoms with Crippen molar-refractivity contribution in [3.63, 3.8) is 0 Å². The van der Waals surface area contributed by atoms with E-state index in [-0.39, 0.29) is 0 Å². The monoisotopic (exact) mass is 268 g/mol. The van der Waals surface area contributed by atoms with Gasteiger partial charge in [0.15, 0.2) is 0 Å². The third kappa shape index (κ3) is 2.38. The van der Waals surface area contributed by atoms with Gasteiger partial charge in [-0.15, -0.1) is 11.3 Å². The van der Waals surface area contributed by atoms with Crippen molar-refractivity contribution in [3.8, 4) is 21.1 Å². The molecule has 2 N–H and O–H groups in total. The number of benzene rings is 1. The Morgan fingerprint density at radius 1 is 1.11 bits per heavy atom. The normalized spacial score (nSPS) is 10.6. The van der Waals surface area contributed by atoms with E-state index >= 15 is 0 Å². The molecule has 4 nitrogen and oxygen atoms in total. The molecule has 0 unspecified atom stereocenters. The Morgan fingerprint density at radius 2 is 1.95 bits per heavy atom. The van der Waals surface area contributed by atoms with E-state index in [4.69, 9.17) is 5.73 Å². The Morgan fingerprint density at radius 3 is 2.63 bits per heavy atom. The molecular formula is C14H12N4S. The second-order valence-electron chi connectivity index (χ2n) is 3.96. The first-order valence-corrected chi connectivity index (χ1v) is 6.71. The van der Waals surface area contributed by atoms with Gasteiger partial charge in [0.25, 0.3) is 0 Å². The summed E-state index contributed by atoms with van der Waals surface area (Å²) in [5, 5.41) is 0.854. The summed E-state index contributed by atoms with van der Waals surface area (Å²) in [4.78, 5) is 14.0. The molecule has 2 heterocycles. The van der Waals surface area contributed by atoms with Crippen LogP contribution in [0.4, 0.5) is 0 Å². The van der Waals surface area contributed by atoms with Gasteiger partial charge >= 0.3 is 0 Å². The molecule has 3 rings (SSSR count). The van der Waals surface area contributed by atoms with Crippen molar-refractivity contribution >= 4 is 11.3 Å². The van der Waals surface area contributed by atoms with Crippen LogP contribution in [0.1, 0.15) is 5.69 Å². The first-order valence-electron chi connectivity index (χ1n) is 5.90. The third-order valence-electron chi connectivity index (χ3n) is 2.71. The number of hydrogen-bond acceptors (Lipinski definition) is 5. The highest BCUT2D eigenvalue weighted by Crippen LogP contribution is 2.34. The molecule has 0 amide bonds. The molecule has 0 atom stereocenters. The summed E-state index contributed by atoms with van der Waals surface area (Å²) in [7, 11) is 0. The average Bonchev–Trinajstić information content (AvgIpc) is 2.93. The zero-order valence-corrected chi connectivity index (χ0v) is 11.0. The fraction of sp³-hybridized carbons (Fsp3) is 0.0714. The van der Waals surface area contributed by atoms with E-state index in [1.807, 2.05) is 18.2 Å². The Labute approximate surface area is 115 Å². The van der Waals surface area contributed by atoms with E-state index < -0.39 is 0 Å². The number of thiazole rings is 1. The van der Waals surface area contributed by atoms with Gasteiger partial charge in [0.1, 0.15) is 10.7 Å². The largest absolute Gasteiger partial charge is 0.325 e. The number of hydrogen-bond donors (Lipinski definition) is 1. The molecule has 0 aliphatic rings. The lowest BCUT2D eigenvalue weighted by Crippen LogP contribution is -1.98. The summed E-state index contributed by atoms with van der Waals surface area (Å²) in [5.74, 6) is 0. The molecule has 3 aromatic rings. The van der Waals surface area contributed by atoms with Crippen molar-refractivity contribution < 1.29 is 0 Å². The molecule has 19 heavy (non-hydrogen) atoms. The molecule has 5 heteroatoms. The van der Waals surface area contributed by atoms with Crippen LogP contribution in [-0.4, -0.2) is 15.0 Å². The van der Waals surface area contributed by atoms with Crippen molar-refractivity contribution in [1.29, 1.82) is 0 Å². The van der Waals surface area contributed by atoms with Gasteiger partial charge in [-0.1, -0.05) is 30.3 Å². The number of rotatable bonds is 3. The van der Waals surface area contributed by atoms with Gasteiger partial charge in [-0.3, -0.25) is 9.97 Å². The van der Waals surface area contributed by atoms with E-state index in [1.165, 1.54) is 0 Å². The van der Waals surface area contributed by atoms with Gasteiger partial charge in [-0.25, -0.2) is 4.98 Å². The molecular weight excluding hydrogens is 256 g/mol. The molecule has 0 aliphatic carbocycles. The molecule has 0 bridgehead atoms. The molecule has 1 aromatic carbocycles. The highest BCUT2D eigenvalue weighted by Gasteiger charge is 2.13. The second kappa shape index (κ2) is 5.26. The van der Waals surface area contributed by atoms with Gasteiger partial charge in [0.2, 0.25) is 0 Å². The summed E-state index contributed by atoms with van der Waals surface area (Å²) >= 11 is 1.60. The first kappa shape index (κ1) is 12.0. The van der Waals surface area contributed by atoms with E-state index in [1.54, 1.807) is 29.9 Å². The Bertz CT molecular complexity index is 664. The van der Waals surface area contributed by atoms with Crippen LogP contribution in [0.2, 0.25) is 0 Å². The van der Waals surface area contributed by atoms with Gasteiger partial charge in [0.05, 0.1) is 16.8 Å². The van der Waals surface area contributed by atoms with Crippen LogP contribution in [0.5, 0.6) is 0 Å². The van der Waals surface area contributed by atoms with Gasteiger partial charge < -0.3 is 5.73 Å². The van der Waals surface area contributed by atoms with Crippen LogP contribution in [0.3, 0.4) is 0 Å². The predicted octanol–water partition coefficient (Wildman–Crippen LogP) is 2.73.